The number of rotatable bonds is 8. The van der Waals surface area contributed by atoms with Crippen LogP contribution in [0.15, 0.2) is 60.7 Å². The highest BCUT2D eigenvalue weighted by atomic mass is 16.6. The van der Waals surface area contributed by atoms with Crippen molar-refractivity contribution in [2.24, 2.45) is 5.92 Å². The first-order valence-corrected chi connectivity index (χ1v) is 14.5. The minimum Gasteiger partial charge on any atom is -0.394 e. The third kappa shape index (κ3) is 5.63. The maximum absolute atomic E-state index is 14.0. The van der Waals surface area contributed by atoms with Gasteiger partial charge in [0.15, 0.2) is 18.0 Å². The zero-order valence-electron chi connectivity index (χ0n) is 24.1. The number of nitrogens with one attached hydrogen (secondary N) is 1. The van der Waals surface area contributed by atoms with E-state index in [1.807, 2.05) is 0 Å². The van der Waals surface area contributed by atoms with Crippen LogP contribution in [0.3, 0.4) is 0 Å². The van der Waals surface area contributed by atoms with E-state index in [4.69, 9.17) is 4.74 Å². The lowest BCUT2D eigenvalue weighted by atomic mass is 9.82. The van der Waals surface area contributed by atoms with Gasteiger partial charge in [-0.1, -0.05) is 37.3 Å². The van der Waals surface area contributed by atoms with Gasteiger partial charge in [-0.05, 0) is 43.2 Å². The number of amides is 3. The topological polar surface area (TPSA) is 200 Å². The summed E-state index contributed by atoms with van der Waals surface area (Å²) in [5.74, 6) is -2.58. The number of para-hydroxylation sites is 1. The summed E-state index contributed by atoms with van der Waals surface area (Å²) >= 11 is 0. The van der Waals surface area contributed by atoms with Crippen LogP contribution in [-0.2, 0) is 24.7 Å². The molecule has 44 heavy (non-hydrogen) atoms. The van der Waals surface area contributed by atoms with Gasteiger partial charge in [-0.25, -0.2) is 0 Å². The van der Waals surface area contributed by atoms with Gasteiger partial charge in [0.1, 0.15) is 18.3 Å². The molecule has 2 fully saturated rings. The smallest absolute Gasteiger partial charge is 0.268 e. The number of carbonyl (C=O) groups excluding carboxylic acids is 3. The Morgan fingerprint density at radius 1 is 1.09 bits per heavy atom. The fourth-order valence-corrected chi connectivity index (χ4v) is 6.06. The molecule has 0 radical (unpaired) electrons. The molecule has 8 atom stereocenters. The number of carbonyl (C=O) groups is 3. The van der Waals surface area contributed by atoms with Gasteiger partial charge in [-0.2, -0.15) is 0 Å². The predicted octanol–water partition coefficient (Wildman–Crippen LogP) is -0.143. The van der Waals surface area contributed by atoms with Gasteiger partial charge < -0.3 is 45.6 Å². The average molecular weight is 612 g/mol. The molecule has 13 heteroatoms. The highest BCUT2D eigenvalue weighted by molar-refractivity contribution is 6.12. The average Bonchev–Trinajstić information content (AvgIpc) is 3.59. The third-order valence-electron chi connectivity index (χ3n) is 8.59. The van der Waals surface area contributed by atoms with Gasteiger partial charge in [0.25, 0.3) is 11.8 Å². The molecule has 5 rings (SSSR count). The van der Waals surface area contributed by atoms with E-state index in [-0.39, 0.29) is 36.2 Å². The van der Waals surface area contributed by atoms with Crippen molar-refractivity contribution in [1.29, 1.82) is 0 Å². The van der Waals surface area contributed by atoms with Gasteiger partial charge in [0.05, 0.1) is 18.3 Å². The summed E-state index contributed by atoms with van der Waals surface area (Å²) < 4.78 is 5.01. The Morgan fingerprint density at radius 2 is 1.82 bits per heavy atom. The van der Waals surface area contributed by atoms with Crippen molar-refractivity contribution in [3.63, 3.8) is 0 Å². The van der Waals surface area contributed by atoms with Crippen molar-refractivity contribution in [3.8, 4) is 0 Å². The molecular formula is C31H37N3O10. The molecule has 2 aromatic carbocycles. The quantitative estimate of drug-likeness (QED) is 0.197. The Morgan fingerprint density at radius 3 is 2.52 bits per heavy atom. The maximum Gasteiger partial charge on any atom is 0.268 e. The molecule has 0 aromatic heterocycles. The van der Waals surface area contributed by atoms with E-state index in [9.17, 15) is 45.0 Å². The normalized spacial score (nSPS) is 30.9. The van der Waals surface area contributed by atoms with Gasteiger partial charge >= 0.3 is 0 Å². The van der Waals surface area contributed by atoms with Crippen LogP contribution in [0, 0.1) is 5.92 Å². The van der Waals surface area contributed by atoms with E-state index >= 15 is 0 Å². The lowest BCUT2D eigenvalue weighted by Gasteiger charge is -2.37. The van der Waals surface area contributed by atoms with E-state index in [1.54, 1.807) is 60.4 Å². The molecular weight excluding hydrogens is 574 g/mol. The molecule has 0 spiro atoms. The van der Waals surface area contributed by atoms with E-state index < -0.39 is 54.0 Å². The summed E-state index contributed by atoms with van der Waals surface area (Å²) in [6.07, 6.45) is -4.38. The number of benzene rings is 2. The van der Waals surface area contributed by atoms with Crippen LogP contribution in [0.2, 0.25) is 0 Å². The van der Waals surface area contributed by atoms with Crippen molar-refractivity contribution >= 4 is 34.8 Å². The molecule has 3 amide bonds. The first-order chi connectivity index (χ1) is 21.0. The van der Waals surface area contributed by atoms with Crippen molar-refractivity contribution in [2.75, 3.05) is 23.4 Å². The number of anilines is 3. The second kappa shape index (κ2) is 12.7. The number of fused-ring (bicyclic) bond motifs is 1. The number of ether oxygens (including phenoxy) is 1. The van der Waals surface area contributed by atoms with E-state index in [2.05, 4.69) is 5.32 Å². The molecule has 3 aliphatic rings. The van der Waals surface area contributed by atoms with Crippen LogP contribution < -0.4 is 10.2 Å². The summed E-state index contributed by atoms with van der Waals surface area (Å²) in [5.41, 5.74) is -0.945. The van der Waals surface area contributed by atoms with Crippen molar-refractivity contribution < 1.29 is 49.8 Å². The first kappa shape index (κ1) is 31.7. The molecule has 236 valence electrons. The van der Waals surface area contributed by atoms with Gasteiger partial charge in [0, 0.05) is 35.8 Å². The Kier molecular flexibility index (Phi) is 9.18. The number of hydrogen-bond donors (Lipinski definition) is 7. The molecule has 3 heterocycles. The molecule has 0 bridgehead atoms. The number of aliphatic hydroxyl groups is 6. The first-order valence-electron chi connectivity index (χ1n) is 14.5. The minimum atomic E-state index is -2.11. The summed E-state index contributed by atoms with van der Waals surface area (Å²) in [7, 11) is 0. The number of nitrogens with zero attached hydrogens (tertiary/aromatic N) is 2. The fourth-order valence-electron chi connectivity index (χ4n) is 6.06. The van der Waals surface area contributed by atoms with E-state index in [0.29, 0.717) is 17.9 Å². The number of hydrogen-bond acceptors (Lipinski definition) is 10. The zero-order valence-corrected chi connectivity index (χ0v) is 24.1. The standard InChI is InChI=1S/C31H37N3O10/c1-17(7-5-11-23(36)33-14-6-10-20(33)16-35)31(43)21-15-18(32-28(40)27-25(38)24(37)26(39)29(41)44-27)12-13-22(21)34(30(31)42)19-8-3-2-4-9-19/h2-5,7-9,12-13,15,17,20,24-27,29,35,37-39,41,43H,6,10-11,14,16H2,1H3,(H,32,40)/b7-5+/t17-,20+,24+,25+,26-,27+,29-,31+/m1/s1. The molecule has 2 aromatic rings. The molecule has 2 saturated heterocycles. The van der Waals surface area contributed by atoms with E-state index in [1.165, 1.54) is 17.0 Å². The van der Waals surface area contributed by atoms with E-state index in [0.717, 1.165) is 12.8 Å². The van der Waals surface area contributed by atoms with Crippen LogP contribution in [0.4, 0.5) is 17.1 Å². The Labute approximate surface area is 253 Å². The molecule has 0 unspecified atom stereocenters. The van der Waals surface area contributed by atoms with Crippen LogP contribution in [0.5, 0.6) is 0 Å². The Bertz CT molecular complexity index is 1420. The van der Waals surface area contributed by atoms with Crippen LogP contribution in [-0.4, -0.2) is 103 Å². The molecule has 7 N–H and O–H groups in total. The summed E-state index contributed by atoms with van der Waals surface area (Å²) in [4.78, 5) is 42.7. The highest BCUT2D eigenvalue weighted by Crippen LogP contribution is 2.49. The van der Waals surface area contributed by atoms with Crippen molar-refractivity contribution in [1.82, 2.24) is 4.90 Å². The van der Waals surface area contributed by atoms with Crippen molar-refractivity contribution in [3.05, 3.63) is 66.2 Å². The highest BCUT2D eigenvalue weighted by Gasteiger charge is 2.53. The molecule has 0 saturated carbocycles. The second-order valence-electron chi connectivity index (χ2n) is 11.4. The van der Waals surface area contributed by atoms with Gasteiger partial charge in [-0.15, -0.1) is 0 Å². The fraction of sp³-hybridized carbons (Fsp3) is 0.452. The van der Waals surface area contributed by atoms with Gasteiger partial charge in [0.2, 0.25) is 5.91 Å². The summed E-state index contributed by atoms with van der Waals surface area (Å²) in [6, 6.07) is 12.9. The van der Waals surface area contributed by atoms with Crippen LogP contribution in [0.25, 0.3) is 0 Å². The predicted molar refractivity (Wildman–Crippen MR) is 156 cm³/mol. The maximum atomic E-state index is 14.0. The summed E-state index contributed by atoms with van der Waals surface area (Å²) in [5, 5.41) is 63.9. The van der Waals surface area contributed by atoms with Crippen molar-refractivity contribution in [2.45, 2.75) is 68.5 Å². The summed E-state index contributed by atoms with van der Waals surface area (Å²) in [6.45, 7) is 2.08. The molecule has 0 aliphatic carbocycles. The second-order valence-corrected chi connectivity index (χ2v) is 11.4. The molecule has 3 aliphatic heterocycles. The largest absolute Gasteiger partial charge is 0.394 e. The van der Waals surface area contributed by atoms with Crippen LogP contribution in [0.1, 0.15) is 31.7 Å². The lowest BCUT2D eigenvalue weighted by Crippen LogP contribution is -2.60. The number of aliphatic hydroxyl groups excluding tert-OH is 5. The lowest BCUT2D eigenvalue weighted by molar-refractivity contribution is -0.274. The zero-order chi connectivity index (χ0) is 31.8. The SMILES string of the molecule is C[C@H](/C=C/CC(=O)N1CCC[C@H]1CO)[C@@]1(O)C(=O)N(c2ccccc2)c2ccc(NC(=O)[C@H]3O[C@@H](O)[C@H](O)[C@@H](O)[C@@H]3O)cc21. The molecule has 13 nitrogen and oxygen atoms in total. The van der Waals surface area contributed by atoms with Gasteiger partial charge in [-0.3, -0.25) is 19.3 Å². The monoisotopic (exact) mass is 611 g/mol. The Hall–Kier alpha value is -3.69. The minimum absolute atomic E-state index is 0.0204. The Balaban J connectivity index is 1.42. The third-order valence-corrected chi connectivity index (χ3v) is 8.59. The number of likely N-dealkylation sites (tertiary alicyclic amines) is 1. The van der Waals surface area contributed by atoms with Crippen LogP contribution >= 0.6 is 0 Å².